The Morgan fingerprint density at radius 1 is 1.03 bits per heavy atom. The van der Waals surface area contributed by atoms with Crippen LogP contribution in [-0.2, 0) is 14.8 Å². The van der Waals surface area contributed by atoms with Crippen molar-refractivity contribution in [3.8, 4) is 0 Å². The number of piperidine rings is 2. The molecular weight excluding hydrogens is 450 g/mol. The Kier molecular flexibility index (Phi) is 5.85. The van der Waals surface area contributed by atoms with E-state index in [9.17, 15) is 13.2 Å². The Hall–Kier alpha value is -1.81. The third-order valence-electron chi connectivity index (χ3n) is 6.22. The highest BCUT2D eigenvalue weighted by Gasteiger charge is 2.37. The third-order valence-corrected chi connectivity index (χ3v) is 10.7. The number of benzene rings is 1. The van der Waals surface area contributed by atoms with Gasteiger partial charge in [0, 0.05) is 32.1 Å². The van der Waals surface area contributed by atoms with E-state index in [1.165, 1.54) is 20.3 Å². The number of carbonyl (C=O) groups is 1. The molecule has 9 heteroatoms. The third kappa shape index (κ3) is 4.16. The van der Waals surface area contributed by atoms with Crippen LogP contribution >= 0.6 is 22.7 Å². The van der Waals surface area contributed by atoms with E-state index in [1.807, 2.05) is 23.1 Å². The van der Waals surface area contributed by atoms with Gasteiger partial charge in [-0.25, -0.2) is 13.4 Å². The summed E-state index contributed by atoms with van der Waals surface area (Å²) in [5.41, 5.74) is 1.02. The lowest BCUT2D eigenvalue weighted by Crippen LogP contribution is -2.48. The zero-order chi connectivity index (χ0) is 21.4. The molecule has 0 radical (unpaired) electrons. The van der Waals surface area contributed by atoms with Gasteiger partial charge in [0.25, 0.3) is 10.0 Å². The van der Waals surface area contributed by atoms with Crippen LogP contribution in [-0.4, -0.2) is 54.7 Å². The number of hydrogen-bond acceptors (Lipinski definition) is 6. The SMILES string of the molecule is O=C([C@@H]1CCCN(S(=O)(=O)c2cccs2)C1)N1CCC[C@@H](c2nc3ccccc3s2)C1. The summed E-state index contributed by atoms with van der Waals surface area (Å²) in [6.07, 6.45) is 3.46. The summed E-state index contributed by atoms with van der Waals surface area (Å²) >= 11 is 2.95. The van der Waals surface area contributed by atoms with Gasteiger partial charge in [0.2, 0.25) is 5.91 Å². The van der Waals surface area contributed by atoms with E-state index >= 15 is 0 Å². The molecule has 2 atom stereocenters. The van der Waals surface area contributed by atoms with Gasteiger partial charge in [-0.2, -0.15) is 4.31 Å². The van der Waals surface area contributed by atoms with E-state index in [0.29, 0.717) is 17.3 Å². The minimum absolute atomic E-state index is 0.0943. The van der Waals surface area contributed by atoms with E-state index in [2.05, 4.69) is 6.07 Å². The lowest BCUT2D eigenvalue weighted by molar-refractivity contribution is -0.137. The van der Waals surface area contributed by atoms with Crippen LogP contribution in [0.5, 0.6) is 0 Å². The Morgan fingerprint density at radius 3 is 2.68 bits per heavy atom. The molecule has 1 amide bonds. The second-order valence-corrected chi connectivity index (χ2v) is 12.5. The van der Waals surface area contributed by atoms with E-state index in [1.54, 1.807) is 28.8 Å². The number of amides is 1. The van der Waals surface area contributed by atoms with E-state index in [-0.39, 0.29) is 24.3 Å². The molecule has 31 heavy (non-hydrogen) atoms. The smallest absolute Gasteiger partial charge is 0.252 e. The molecule has 0 N–H and O–H groups in total. The fourth-order valence-corrected chi connectivity index (χ4v) is 8.36. The van der Waals surface area contributed by atoms with Gasteiger partial charge < -0.3 is 4.90 Å². The summed E-state index contributed by atoms with van der Waals surface area (Å²) in [5, 5.41) is 2.87. The maximum atomic E-state index is 13.4. The van der Waals surface area contributed by atoms with E-state index in [4.69, 9.17) is 4.98 Å². The standard InChI is InChI=1S/C22H25N3O3S3/c26-22(17-7-4-12-25(15-17)31(27,28)20-10-5-13-29-20)24-11-3-6-16(14-24)21-23-18-8-1-2-9-19(18)30-21/h1-2,5,8-10,13,16-17H,3-4,6-7,11-12,14-15H2/t16-,17-/m1/s1. The van der Waals surface area contributed by atoms with Crippen LogP contribution in [0.25, 0.3) is 10.2 Å². The Balaban J connectivity index is 1.29. The molecule has 2 aromatic heterocycles. The van der Waals surface area contributed by atoms with Gasteiger partial charge in [-0.3, -0.25) is 4.79 Å². The minimum atomic E-state index is -3.51. The van der Waals surface area contributed by atoms with Crippen molar-refractivity contribution in [1.29, 1.82) is 0 Å². The first-order chi connectivity index (χ1) is 15.0. The van der Waals surface area contributed by atoms with Gasteiger partial charge in [0.1, 0.15) is 4.21 Å². The number of likely N-dealkylation sites (tertiary alicyclic amines) is 1. The largest absolute Gasteiger partial charge is 0.342 e. The number of nitrogens with zero attached hydrogens (tertiary/aromatic N) is 3. The van der Waals surface area contributed by atoms with Crippen LogP contribution in [0.15, 0.2) is 46.0 Å². The zero-order valence-electron chi connectivity index (χ0n) is 17.1. The van der Waals surface area contributed by atoms with Gasteiger partial charge >= 0.3 is 0 Å². The number of carbonyl (C=O) groups excluding carboxylic acids is 1. The summed E-state index contributed by atoms with van der Waals surface area (Å²) in [6.45, 7) is 2.18. The van der Waals surface area contributed by atoms with E-state index < -0.39 is 10.0 Å². The van der Waals surface area contributed by atoms with E-state index in [0.717, 1.165) is 42.8 Å². The van der Waals surface area contributed by atoms with Crippen LogP contribution in [0, 0.1) is 5.92 Å². The molecule has 2 aliphatic rings. The van der Waals surface area contributed by atoms with Gasteiger partial charge in [-0.15, -0.1) is 22.7 Å². The predicted octanol–water partition coefficient (Wildman–Crippen LogP) is 4.16. The average Bonchev–Trinajstić information content (AvgIpc) is 3.49. The zero-order valence-corrected chi connectivity index (χ0v) is 19.6. The Labute approximate surface area is 190 Å². The summed E-state index contributed by atoms with van der Waals surface area (Å²) < 4.78 is 28.9. The Morgan fingerprint density at radius 2 is 1.87 bits per heavy atom. The summed E-state index contributed by atoms with van der Waals surface area (Å²) in [7, 11) is -3.51. The molecule has 2 fully saturated rings. The molecule has 4 heterocycles. The van der Waals surface area contributed by atoms with Crippen LogP contribution in [0.2, 0.25) is 0 Å². The lowest BCUT2D eigenvalue weighted by Gasteiger charge is -2.37. The molecule has 2 saturated heterocycles. The van der Waals surface area contributed by atoms with Gasteiger partial charge in [-0.1, -0.05) is 18.2 Å². The molecule has 1 aromatic carbocycles. The first kappa shape index (κ1) is 21.1. The van der Waals surface area contributed by atoms with Crippen molar-refractivity contribution >= 4 is 48.8 Å². The van der Waals surface area contributed by atoms with Crippen molar-refractivity contribution < 1.29 is 13.2 Å². The number of sulfonamides is 1. The fraction of sp³-hybridized carbons (Fsp3) is 0.455. The molecule has 0 bridgehead atoms. The minimum Gasteiger partial charge on any atom is -0.342 e. The molecular formula is C22H25N3O3S3. The Bertz CT molecular complexity index is 1140. The summed E-state index contributed by atoms with van der Waals surface area (Å²) in [5.74, 6) is 0.0825. The summed E-state index contributed by atoms with van der Waals surface area (Å²) in [4.78, 5) is 20.1. The first-order valence-electron chi connectivity index (χ1n) is 10.7. The monoisotopic (exact) mass is 475 g/mol. The number of rotatable bonds is 4. The molecule has 3 aromatic rings. The summed E-state index contributed by atoms with van der Waals surface area (Å²) in [6, 6.07) is 11.5. The van der Waals surface area contributed by atoms with Crippen molar-refractivity contribution in [3.63, 3.8) is 0 Å². The fourth-order valence-electron chi connectivity index (χ4n) is 4.60. The maximum Gasteiger partial charge on any atom is 0.252 e. The number of thiazole rings is 1. The number of para-hydroxylation sites is 1. The van der Waals surface area contributed by atoms with Crippen molar-refractivity contribution in [2.45, 2.75) is 35.8 Å². The second kappa shape index (κ2) is 8.61. The maximum absolute atomic E-state index is 13.4. The highest BCUT2D eigenvalue weighted by atomic mass is 32.2. The van der Waals surface area contributed by atoms with Crippen LogP contribution in [0.1, 0.15) is 36.6 Å². The number of aromatic nitrogens is 1. The molecule has 0 aliphatic carbocycles. The highest BCUT2D eigenvalue weighted by molar-refractivity contribution is 7.91. The van der Waals surface area contributed by atoms with Crippen molar-refractivity contribution in [3.05, 3.63) is 46.8 Å². The molecule has 6 nitrogen and oxygen atoms in total. The van der Waals surface area contributed by atoms with Gasteiger partial charge in [0.05, 0.1) is 21.1 Å². The average molecular weight is 476 g/mol. The van der Waals surface area contributed by atoms with Crippen LogP contribution in [0.4, 0.5) is 0 Å². The number of fused-ring (bicyclic) bond motifs is 1. The van der Waals surface area contributed by atoms with Crippen LogP contribution in [0.3, 0.4) is 0 Å². The van der Waals surface area contributed by atoms with Crippen molar-refractivity contribution in [2.24, 2.45) is 5.92 Å². The quantitative estimate of drug-likeness (QED) is 0.568. The topological polar surface area (TPSA) is 70.6 Å². The predicted molar refractivity (Wildman–Crippen MR) is 124 cm³/mol. The second-order valence-electron chi connectivity index (χ2n) is 8.28. The number of thiophene rings is 1. The van der Waals surface area contributed by atoms with Crippen molar-refractivity contribution in [1.82, 2.24) is 14.2 Å². The molecule has 5 rings (SSSR count). The molecule has 0 unspecified atom stereocenters. The lowest BCUT2D eigenvalue weighted by atomic mass is 9.94. The first-order valence-corrected chi connectivity index (χ1v) is 13.8. The molecule has 0 spiro atoms. The highest BCUT2D eigenvalue weighted by Crippen LogP contribution is 2.34. The van der Waals surface area contributed by atoms with Gasteiger partial charge in [-0.05, 0) is 49.3 Å². The molecule has 0 saturated carbocycles. The van der Waals surface area contributed by atoms with Gasteiger partial charge in [0.15, 0.2) is 0 Å². The van der Waals surface area contributed by atoms with Crippen LogP contribution < -0.4 is 0 Å². The normalized spacial score (nSPS) is 23.3. The molecule has 164 valence electrons. The number of hydrogen-bond donors (Lipinski definition) is 0. The van der Waals surface area contributed by atoms with Crippen molar-refractivity contribution in [2.75, 3.05) is 26.2 Å². The molecule has 2 aliphatic heterocycles.